The summed E-state index contributed by atoms with van der Waals surface area (Å²) < 4.78 is 23.5. The fourth-order valence-electron chi connectivity index (χ4n) is 2.81. The maximum absolute atomic E-state index is 11.8. The summed E-state index contributed by atoms with van der Waals surface area (Å²) in [5.74, 6) is -1.47. The molecule has 28 heavy (non-hydrogen) atoms. The molecule has 0 spiro atoms. The average molecular weight is 405 g/mol. The molecule has 2 amide bonds. The summed E-state index contributed by atoms with van der Waals surface area (Å²) in [7, 11) is -3.14. The minimum atomic E-state index is -3.14. The molecule has 0 aliphatic carbocycles. The number of benzene rings is 1. The molecule has 12 heteroatoms. The third-order valence-electron chi connectivity index (χ3n) is 4.19. The highest BCUT2D eigenvalue weighted by molar-refractivity contribution is 7.90. The smallest absolute Gasteiger partial charge is 0.273 e. The zero-order valence-corrected chi connectivity index (χ0v) is 15.8. The van der Waals surface area contributed by atoms with E-state index >= 15 is 0 Å². The molecule has 0 unspecified atom stereocenters. The zero-order valence-electron chi connectivity index (χ0n) is 15.0. The van der Waals surface area contributed by atoms with Crippen LogP contribution in [-0.2, 0) is 26.1 Å². The van der Waals surface area contributed by atoms with Crippen molar-refractivity contribution >= 4 is 39.1 Å². The van der Waals surface area contributed by atoms with E-state index in [9.17, 15) is 18.0 Å². The number of amides is 2. The predicted molar refractivity (Wildman–Crippen MR) is 101 cm³/mol. The van der Waals surface area contributed by atoms with Crippen LogP contribution in [0, 0.1) is 0 Å². The fraction of sp³-hybridized carbons (Fsp3) is 0.312. The van der Waals surface area contributed by atoms with Crippen LogP contribution in [0.5, 0.6) is 0 Å². The number of primary amides is 2. The van der Waals surface area contributed by atoms with Gasteiger partial charge in [0.15, 0.2) is 21.3 Å². The molecule has 2 heterocycles. The van der Waals surface area contributed by atoms with Gasteiger partial charge in [-0.15, -0.1) is 10.2 Å². The minimum Gasteiger partial charge on any atom is -0.368 e. The Labute approximate surface area is 160 Å². The van der Waals surface area contributed by atoms with Gasteiger partial charge in [-0.3, -0.25) is 9.59 Å². The number of aromatic nitrogens is 3. The summed E-state index contributed by atoms with van der Waals surface area (Å²) in [5, 5.41) is 13.2. The summed E-state index contributed by atoms with van der Waals surface area (Å²) in [6.07, 6.45) is 0.401. The van der Waals surface area contributed by atoms with Crippen molar-refractivity contribution in [1.29, 1.82) is 0 Å². The van der Waals surface area contributed by atoms with Crippen LogP contribution in [0.3, 0.4) is 0 Å². The van der Waals surface area contributed by atoms with Crippen LogP contribution in [0.2, 0.25) is 0 Å². The maximum atomic E-state index is 11.8. The van der Waals surface area contributed by atoms with E-state index in [0.717, 1.165) is 5.56 Å². The number of hydrogen-bond donors (Lipinski definition) is 4. The van der Waals surface area contributed by atoms with Crippen LogP contribution in [0.4, 0.5) is 17.5 Å². The molecule has 1 aliphatic rings. The first-order valence-corrected chi connectivity index (χ1v) is 10.2. The standard InChI is InChI=1S/C16H19N7O4S/c1-2-11(13(17)24)20-16-21-15(12(14(18)25)22-23-16)19-10-4-3-8-6-28(26,27)7-9(8)5-10/h3-5,11H,2,6-7H2,1H3,(H2,17,24)(H2,18,25)(H2,19,20,21,23)/t11-/m1/s1. The Bertz CT molecular complexity index is 1050. The molecular weight excluding hydrogens is 386 g/mol. The monoisotopic (exact) mass is 405 g/mol. The molecule has 0 saturated heterocycles. The predicted octanol–water partition coefficient (Wildman–Crippen LogP) is -0.182. The van der Waals surface area contributed by atoms with E-state index in [-0.39, 0.29) is 29.0 Å². The second-order valence-electron chi connectivity index (χ2n) is 6.35. The van der Waals surface area contributed by atoms with Gasteiger partial charge in [0.1, 0.15) is 6.04 Å². The Balaban J connectivity index is 1.91. The molecule has 1 atom stereocenters. The number of nitrogens with one attached hydrogen (secondary N) is 2. The second kappa shape index (κ2) is 7.38. The largest absolute Gasteiger partial charge is 0.368 e. The van der Waals surface area contributed by atoms with E-state index in [1.165, 1.54) is 0 Å². The Morgan fingerprint density at radius 1 is 1.18 bits per heavy atom. The SMILES string of the molecule is CC[C@@H](Nc1nnc(C(N)=O)c(Nc2ccc3c(c2)CS(=O)(=O)C3)n1)C(N)=O. The number of carbonyl (C=O) groups excluding carboxylic acids is 2. The highest BCUT2D eigenvalue weighted by atomic mass is 32.2. The van der Waals surface area contributed by atoms with Crippen molar-refractivity contribution in [2.45, 2.75) is 30.9 Å². The normalized spacial score (nSPS) is 15.5. The molecule has 3 rings (SSSR count). The van der Waals surface area contributed by atoms with Gasteiger partial charge in [0, 0.05) is 5.69 Å². The highest BCUT2D eigenvalue weighted by Gasteiger charge is 2.25. The third kappa shape index (κ3) is 4.17. The molecule has 1 aromatic heterocycles. The van der Waals surface area contributed by atoms with Crippen LogP contribution in [-0.4, -0.2) is 41.5 Å². The van der Waals surface area contributed by atoms with Crippen molar-refractivity contribution in [3.63, 3.8) is 0 Å². The molecule has 0 bridgehead atoms. The third-order valence-corrected chi connectivity index (χ3v) is 5.70. The summed E-state index contributed by atoms with van der Waals surface area (Å²) in [4.78, 5) is 27.2. The molecule has 11 nitrogen and oxygen atoms in total. The van der Waals surface area contributed by atoms with Gasteiger partial charge in [-0.1, -0.05) is 13.0 Å². The number of rotatable bonds is 7. The van der Waals surface area contributed by atoms with Crippen molar-refractivity contribution < 1.29 is 18.0 Å². The highest BCUT2D eigenvalue weighted by Crippen LogP contribution is 2.29. The van der Waals surface area contributed by atoms with E-state index in [1.54, 1.807) is 25.1 Å². The number of hydrogen-bond acceptors (Lipinski definition) is 9. The summed E-state index contributed by atoms with van der Waals surface area (Å²) in [6.45, 7) is 1.76. The van der Waals surface area contributed by atoms with Crippen LogP contribution < -0.4 is 22.1 Å². The minimum absolute atomic E-state index is 0.00377. The van der Waals surface area contributed by atoms with Crippen molar-refractivity contribution in [2.75, 3.05) is 10.6 Å². The van der Waals surface area contributed by atoms with Crippen molar-refractivity contribution in [3.05, 3.63) is 35.0 Å². The lowest BCUT2D eigenvalue weighted by Crippen LogP contribution is -2.35. The molecule has 0 saturated carbocycles. The molecule has 0 radical (unpaired) electrons. The zero-order chi connectivity index (χ0) is 20.5. The van der Waals surface area contributed by atoms with Gasteiger partial charge in [0.05, 0.1) is 11.5 Å². The Hall–Kier alpha value is -3.28. The van der Waals surface area contributed by atoms with E-state index < -0.39 is 27.7 Å². The lowest BCUT2D eigenvalue weighted by atomic mass is 10.1. The number of nitrogens with two attached hydrogens (primary N) is 2. The summed E-state index contributed by atoms with van der Waals surface area (Å²) >= 11 is 0. The molecule has 148 valence electrons. The maximum Gasteiger partial charge on any atom is 0.273 e. The quantitative estimate of drug-likeness (QED) is 0.485. The van der Waals surface area contributed by atoms with E-state index in [2.05, 4.69) is 25.8 Å². The molecule has 0 fully saturated rings. The molecular formula is C16H19N7O4S. The topological polar surface area (TPSA) is 183 Å². The summed E-state index contributed by atoms with van der Waals surface area (Å²) in [6, 6.07) is 4.31. The Morgan fingerprint density at radius 2 is 1.89 bits per heavy atom. The first-order valence-electron chi connectivity index (χ1n) is 8.38. The molecule has 1 aromatic carbocycles. The van der Waals surface area contributed by atoms with E-state index in [4.69, 9.17) is 11.5 Å². The molecule has 2 aromatic rings. The lowest BCUT2D eigenvalue weighted by Gasteiger charge is -2.14. The number of fused-ring (bicyclic) bond motifs is 1. The number of nitrogens with zero attached hydrogens (tertiary/aromatic N) is 3. The van der Waals surface area contributed by atoms with Crippen molar-refractivity contribution in [3.8, 4) is 0 Å². The van der Waals surface area contributed by atoms with Gasteiger partial charge < -0.3 is 22.1 Å². The molecule has 6 N–H and O–H groups in total. The van der Waals surface area contributed by atoms with Gasteiger partial charge in [0.2, 0.25) is 11.9 Å². The Kier molecular flexibility index (Phi) is 5.14. The molecule has 1 aliphatic heterocycles. The van der Waals surface area contributed by atoms with Crippen LogP contribution in [0.15, 0.2) is 18.2 Å². The van der Waals surface area contributed by atoms with Crippen molar-refractivity contribution in [2.24, 2.45) is 11.5 Å². The van der Waals surface area contributed by atoms with Gasteiger partial charge in [0.25, 0.3) is 5.91 Å². The van der Waals surface area contributed by atoms with Gasteiger partial charge in [-0.2, -0.15) is 4.98 Å². The Morgan fingerprint density at radius 3 is 2.54 bits per heavy atom. The number of carbonyl (C=O) groups is 2. The second-order valence-corrected chi connectivity index (χ2v) is 8.41. The lowest BCUT2D eigenvalue weighted by molar-refractivity contribution is -0.118. The van der Waals surface area contributed by atoms with E-state index in [0.29, 0.717) is 17.7 Å². The first kappa shape index (κ1) is 19.5. The summed E-state index contributed by atoms with van der Waals surface area (Å²) in [5.41, 5.74) is 12.3. The fourth-order valence-corrected chi connectivity index (χ4v) is 4.41. The average Bonchev–Trinajstić information content (AvgIpc) is 2.92. The number of anilines is 3. The van der Waals surface area contributed by atoms with Gasteiger partial charge in [-0.25, -0.2) is 8.42 Å². The van der Waals surface area contributed by atoms with Crippen LogP contribution >= 0.6 is 0 Å². The van der Waals surface area contributed by atoms with Gasteiger partial charge >= 0.3 is 0 Å². The van der Waals surface area contributed by atoms with Crippen LogP contribution in [0.25, 0.3) is 0 Å². The van der Waals surface area contributed by atoms with E-state index in [1.807, 2.05) is 0 Å². The van der Waals surface area contributed by atoms with Gasteiger partial charge in [-0.05, 0) is 29.7 Å². The first-order chi connectivity index (χ1) is 13.2. The van der Waals surface area contributed by atoms with Crippen LogP contribution in [0.1, 0.15) is 35.0 Å². The van der Waals surface area contributed by atoms with Crippen molar-refractivity contribution in [1.82, 2.24) is 15.2 Å². The number of sulfone groups is 1.